The molecule has 1 aliphatic carbocycles. The topological polar surface area (TPSA) is 57.5 Å². The molecule has 2 rings (SSSR count). The molecule has 2 N–H and O–H groups in total. The SMILES string of the molecule is CC(O)(C1=CCCCC1)C(C(=O)O)c1ccccc1. The molecule has 0 saturated carbocycles. The van der Waals surface area contributed by atoms with E-state index in [1.54, 1.807) is 31.2 Å². The standard InChI is InChI=1S/C16H20O3/c1-16(19,13-10-6-3-7-11-13)14(15(17)18)12-8-4-2-5-9-12/h2,4-5,8-10,14,19H,3,6-7,11H2,1H3,(H,17,18). The first-order chi connectivity index (χ1) is 9.03. The van der Waals surface area contributed by atoms with Crippen molar-refractivity contribution in [1.82, 2.24) is 0 Å². The van der Waals surface area contributed by atoms with E-state index in [4.69, 9.17) is 0 Å². The minimum absolute atomic E-state index is 0.645. The van der Waals surface area contributed by atoms with Gasteiger partial charge in [0.05, 0.1) is 0 Å². The molecular formula is C16H20O3. The van der Waals surface area contributed by atoms with Gasteiger partial charge in [-0.1, -0.05) is 36.4 Å². The number of hydrogen-bond acceptors (Lipinski definition) is 2. The predicted molar refractivity (Wildman–Crippen MR) is 74.0 cm³/mol. The van der Waals surface area contributed by atoms with Crippen LogP contribution in [0.5, 0.6) is 0 Å². The second-order valence-electron chi connectivity index (χ2n) is 5.30. The number of allylic oxidation sites excluding steroid dienone is 1. The van der Waals surface area contributed by atoms with E-state index in [9.17, 15) is 15.0 Å². The highest BCUT2D eigenvalue weighted by Crippen LogP contribution is 2.38. The van der Waals surface area contributed by atoms with Crippen LogP contribution in [0.3, 0.4) is 0 Å². The molecule has 0 radical (unpaired) electrons. The summed E-state index contributed by atoms with van der Waals surface area (Å²) in [4.78, 5) is 11.6. The van der Waals surface area contributed by atoms with Crippen molar-refractivity contribution in [2.45, 2.75) is 44.1 Å². The normalized spacial score (nSPS) is 20.2. The highest BCUT2D eigenvalue weighted by molar-refractivity contribution is 5.78. The summed E-state index contributed by atoms with van der Waals surface area (Å²) in [7, 11) is 0. The van der Waals surface area contributed by atoms with Crippen molar-refractivity contribution in [1.29, 1.82) is 0 Å². The van der Waals surface area contributed by atoms with Gasteiger partial charge < -0.3 is 10.2 Å². The molecule has 102 valence electrons. The minimum Gasteiger partial charge on any atom is -0.481 e. The smallest absolute Gasteiger partial charge is 0.314 e. The molecule has 0 bridgehead atoms. The molecule has 0 aliphatic heterocycles. The Bertz CT molecular complexity index is 474. The molecule has 0 fully saturated rings. The lowest BCUT2D eigenvalue weighted by molar-refractivity contribution is -0.143. The Morgan fingerprint density at radius 1 is 1.26 bits per heavy atom. The maximum Gasteiger partial charge on any atom is 0.314 e. The molecule has 1 aromatic rings. The maximum atomic E-state index is 11.6. The lowest BCUT2D eigenvalue weighted by Crippen LogP contribution is -2.40. The minimum atomic E-state index is -1.33. The molecule has 3 heteroatoms. The van der Waals surface area contributed by atoms with E-state index >= 15 is 0 Å². The Morgan fingerprint density at radius 2 is 1.95 bits per heavy atom. The Morgan fingerprint density at radius 3 is 2.47 bits per heavy atom. The van der Waals surface area contributed by atoms with Gasteiger partial charge in [0, 0.05) is 0 Å². The van der Waals surface area contributed by atoms with Gasteiger partial charge in [0.2, 0.25) is 0 Å². The van der Waals surface area contributed by atoms with Gasteiger partial charge in [-0.25, -0.2) is 0 Å². The van der Waals surface area contributed by atoms with Crippen molar-refractivity contribution in [3.8, 4) is 0 Å². The zero-order chi connectivity index (χ0) is 13.9. The van der Waals surface area contributed by atoms with Crippen LogP contribution in [-0.2, 0) is 4.79 Å². The van der Waals surface area contributed by atoms with Crippen LogP contribution in [0, 0.1) is 0 Å². The number of hydrogen-bond donors (Lipinski definition) is 2. The van der Waals surface area contributed by atoms with E-state index < -0.39 is 17.5 Å². The maximum absolute atomic E-state index is 11.6. The van der Waals surface area contributed by atoms with Gasteiger partial charge >= 0.3 is 5.97 Å². The zero-order valence-corrected chi connectivity index (χ0v) is 11.2. The molecule has 0 aromatic heterocycles. The Hall–Kier alpha value is -1.61. The zero-order valence-electron chi connectivity index (χ0n) is 11.2. The Balaban J connectivity index is 2.38. The van der Waals surface area contributed by atoms with E-state index in [-0.39, 0.29) is 0 Å². The summed E-state index contributed by atoms with van der Waals surface area (Å²) in [6, 6.07) is 8.97. The fourth-order valence-electron chi connectivity index (χ4n) is 2.84. The molecule has 0 spiro atoms. The third-order valence-electron chi connectivity index (χ3n) is 3.88. The molecule has 2 atom stereocenters. The van der Waals surface area contributed by atoms with E-state index in [1.807, 2.05) is 12.1 Å². The number of rotatable bonds is 4. The van der Waals surface area contributed by atoms with Gasteiger partial charge in [-0.3, -0.25) is 4.79 Å². The number of carboxylic acids is 1. The van der Waals surface area contributed by atoms with Crippen molar-refractivity contribution >= 4 is 5.97 Å². The molecule has 0 heterocycles. The predicted octanol–water partition coefficient (Wildman–Crippen LogP) is 3.11. The van der Waals surface area contributed by atoms with Crippen LogP contribution in [0.25, 0.3) is 0 Å². The van der Waals surface area contributed by atoms with E-state index in [2.05, 4.69) is 0 Å². The van der Waals surface area contributed by atoms with Gasteiger partial charge in [0.1, 0.15) is 11.5 Å². The van der Waals surface area contributed by atoms with Crippen LogP contribution in [-0.4, -0.2) is 21.8 Å². The first kappa shape index (κ1) is 13.8. The molecule has 19 heavy (non-hydrogen) atoms. The van der Waals surface area contributed by atoms with Crippen LogP contribution in [0.4, 0.5) is 0 Å². The van der Waals surface area contributed by atoms with E-state index in [0.29, 0.717) is 5.56 Å². The number of aliphatic hydroxyl groups is 1. The number of carboxylic acid groups (broad SMARTS) is 1. The molecule has 0 saturated heterocycles. The average Bonchev–Trinajstić information content (AvgIpc) is 2.40. The summed E-state index contributed by atoms with van der Waals surface area (Å²) < 4.78 is 0. The highest BCUT2D eigenvalue weighted by Gasteiger charge is 2.41. The number of aliphatic carboxylic acids is 1. The van der Waals surface area contributed by atoms with Crippen molar-refractivity contribution in [3.63, 3.8) is 0 Å². The van der Waals surface area contributed by atoms with Gasteiger partial charge in [0.15, 0.2) is 0 Å². The monoisotopic (exact) mass is 260 g/mol. The summed E-state index contributed by atoms with van der Waals surface area (Å²) in [5.41, 5.74) is 0.176. The van der Waals surface area contributed by atoms with Crippen molar-refractivity contribution in [3.05, 3.63) is 47.5 Å². The highest BCUT2D eigenvalue weighted by atomic mass is 16.4. The van der Waals surface area contributed by atoms with Gasteiger partial charge in [0.25, 0.3) is 0 Å². The van der Waals surface area contributed by atoms with Crippen LogP contribution in [0.2, 0.25) is 0 Å². The molecule has 1 aromatic carbocycles. The second kappa shape index (κ2) is 5.57. The quantitative estimate of drug-likeness (QED) is 0.818. The summed E-state index contributed by atoms with van der Waals surface area (Å²) in [5, 5.41) is 20.3. The summed E-state index contributed by atoms with van der Waals surface area (Å²) in [5.74, 6) is -1.90. The first-order valence-electron chi connectivity index (χ1n) is 6.73. The number of benzene rings is 1. The summed E-state index contributed by atoms with van der Waals surface area (Å²) in [6.45, 7) is 1.62. The molecule has 1 aliphatic rings. The number of carbonyl (C=O) groups is 1. The Labute approximate surface area is 113 Å². The largest absolute Gasteiger partial charge is 0.481 e. The molecular weight excluding hydrogens is 240 g/mol. The first-order valence-corrected chi connectivity index (χ1v) is 6.73. The second-order valence-corrected chi connectivity index (χ2v) is 5.30. The van der Waals surface area contributed by atoms with Crippen LogP contribution in [0.15, 0.2) is 42.0 Å². The molecule has 2 unspecified atom stereocenters. The third-order valence-corrected chi connectivity index (χ3v) is 3.88. The van der Waals surface area contributed by atoms with Crippen LogP contribution >= 0.6 is 0 Å². The fraction of sp³-hybridized carbons (Fsp3) is 0.438. The molecule has 3 nitrogen and oxygen atoms in total. The average molecular weight is 260 g/mol. The van der Waals surface area contributed by atoms with E-state index in [1.165, 1.54) is 0 Å². The summed E-state index contributed by atoms with van der Waals surface area (Å²) in [6.07, 6.45) is 5.84. The van der Waals surface area contributed by atoms with E-state index in [0.717, 1.165) is 31.3 Å². The Kier molecular flexibility index (Phi) is 4.05. The van der Waals surface area contributed by atoms with Crippen molar-refractivity contribution < 1.29 is 15.0 Å². The lowest BCUT2D eigenvalue weighted by atomic mass is 9.75. The van der Waals surface area contributed by atoms with Crippen molar-refractivity contribution in [2.24, 2.45) is 0 Å². The van der Waals surface area contributed by atoms with Gasteiger partial charge in [-0.2, -0.15) is 0 Å². The third kappa shape index (κ3) is 2.87. The molecule has 0 amide bonds. The summed E-state index contributed by atoms with van der Waals surface area (Å²) >= 11 is 0. The van der Waals surface area contributed by atoms with Gasteiger partial charge in [-0.15, -0.1) is 0 Å². The lowest BCUT2D eigenvalue weighted by Gasteiger charge is -2.34. The van der Waals surface area contributed by atoms with Gasteiger partial charge in [-0.05, 0) is 43.7 Å². The van der Waals surface area contributed by atoms with Crippen LogP contribution < -0.4 is 0 Å². The fourth-order valence-corrected chi connectivity index (χ4v) is 2.84. The van der Waals surface area contributed by atoms with Crippen LogP contribution in [0.1, 0.15) is 44.1 Å². The van der Waals surface area contributed by atoms with Crippen molar-refractivity contribution in [2.75, 3.05) is 0 Å².